The van der Waals surface area contributed by atoms with Crippen molar-refractivity contribution in [2.45, 2.75) is 27.3 Å². The van der Waals surface area contributed by atoms with Gasteiger partial charge in [-0.15, -0.1) is 0 Å². The molecule has 0 spiro atoms. The Morgan fingerprint density at radius 1 is 1.35 bits per heavy atom. The van der Waals surface area contributed by atoms with Crippen molar-refractivity contribution >= 4 is 5.91 Å². The number of hydrogen-bond donors (Lipinski definition) is 1. The number of aryl methyl sites for hydroxylation is 2. The highest BCUT2D eigenvalue weighted by Gasteiger charge is 2.11. The van der Waals surface area contributed by atoms with Crippen LogP contribution in [0, 0.1) is 6.92 Å². The number of benzene rings is 1. The molecule has 0 radical (unpaired) electrons. The zero-order valence-corrected chi connectivity index (χ0v) is 14.1. The number of rotatable bonds is 6. The Bertz CT molecular complexity index is 713. The van der Waals surface area contributed by atoms with Gasteiger partial charge in [0.05, 0.1) is 5.69 Å². The predicted molar refractivity (Wildman–Crippen MR) is 90.5 cm³/mol. The second-order valence-electron chi connectivity index (χ2n) is 5.72. The van der Waals surface area contributed by atoms with E-state index in [1.165, 1.54) is 5.57 Å². The summed E-state index contributed by atoms with van der Waals surface area (Å²) in [5.74, 6) is 0.662. The Balaban J connectivity index is 1.94. The second kappa shape index (κ2) is 7.63. The highest BCUT2D eigenvalue weighted by atomic mass is 16.5. The Hall–Kier alpha value is -2.56. The first-order chi connectivity index (χ1) is 11.0. The lowest BCUT2D eigenvalue weighted by molar-refractivity contribution is 0.0941. The first-order valence-electron chi connectivity index (χ1n) is 7.59. The highest BCUT2D eigenvalue weighted by molar-refractivity contribution is 5.92. The molecule has 5 nitrogen and oxygen atoms in total. The molecule has 0 bridgehead atoms. The van der Waals surface area contributed by atoms with Crippen LogP contribution < -0.4 is 10.1 Å². The second-order valence-corrected chi connectivity index (χ2v) is 5.72. The molecule has 0 aliphatic rings. The van der Waals surface area contributed by atoms with Gasteiger partial charge in [0, 0.05) is 13.6 Å². The minimum absolute atomic E-state index is 0.135. The molecular formula is C18H23N3O2. The molecule has 0 fully saturated rings. The molecule has 0 unspecified atom stereocenters. The Kier molecular flexibility index (Phi) is 5.57. The van der Waals surface area contributed by atoms with Gasteiger partial charge < -0.3 is 10.1 Å². The quantitative estimate of drug-likeness (QED) is 0.834. The molecular weight excluding hydrogens is 290 g/mol. The number of nitrogens with zero attached hydrogens (tertiary/aromatic N) is 2. The van der Waals surface area contributed by atoms with Gasteiger partial charge in [0.2, 0.25) is 0 Å². The van der Waals surface area contributed by atoms with Gasteiger partial charge in [0.15, 0.2) is 0 Å². The Morgan fingerprint density at radius 2 is 2.13 bits per heavy atom. The van der Waals surface area contributed by atoms with Crippen molar-refractivity contribution < 1.29 is 9.53 Å². The molecule has 5 heteroatoms. The lowest BCUT2D eigenvalue weighted by Gasteiger charge is -2.08. The third-order valence-corrected chi connectivity index (χ3v) is 3.33. The zero-order valence-electron chi connectivity index (χ0n) is 14.1. The van der Waals surface area contributed by atoms with E-state index in [1.54, 1.807) is 17.8 Å². The molecule has 0 aliphatic heterocycles. The minimum Gasteiger partial charge on any atom is -0.490 e. The molecule has 1 aromatic carbocycles. The first kappa shape index (κ1) is 16.8. The maximum absolute atomic E-state index is 12.2. The van der Waals surface area contributed by atoms with Crippen LogP contribution in [0.4, 0.5) is 0 Å². The minimum atomic E-state index is -0.135. The van der Waals surface area contributed by atoms with E-state index in [2.05, 4.69) is 10.4 Å². The van der Waals surface area contributed by atoms with Gasteiger partial charge in [-0.2, -0.15) is 5.10 Å². The third-order valence-electron chi connectivity index (χ3n) is 3.33. The summed E-state index contributed by atoms with van der Waals surface area (Å²) in [4.78, 5) is 12.2. The molecule has 122 valence electrons. The average Bonchev–Trinajstić information content (AvgIpc) is 2.84. The van der Waals surface area contributed by atoms with Gasteiger partial charge >= 0.3 is 0 Å². The molecule has 0 atom stereocenters. The summed E-state index contributed by atoms with van der Waals surface area (Å²) in [5, 5.41) is 7.08. The normalized spacial score (nSPS) is 10.3. The van der Waals surface area contributed by atoms with Gasteiger partial charge in [-0.1, -0.05) is 17.7 Å². The van der Waals surface area contributed by atoms with Crippen LogP contribution >= 0.6 is 0 Å². The maximum Gasteiger partial charge on any atom is 0.269 e. The van der Waals surface area contributed by atoms with E-state index in [9.17, 15) is 4.79 Å². The van der Waals surface area contributed by atoms with Crippen molar-refractivity contribution in [3.8, 4) is 5.75 Å². The number of aromatic nitrogens is 2. The van der Waals surface area contributed by atoms with Gasteiger partial charge in [-0.25, -0.2) is 0 Å². The monoisotopic (exact) mass is 313 g/mol. The Labute approximate surface area is 137 Å². The van der Waals surface area contributed by atoms with Crippen molar-refractivity contribution in [1.29, 1.82) is 0 Å². The number of carbonyl (C=O) groups is 1. The summed E-state index contributed by atoms with van der Waals surface area (Å²) < 4.78 is 7.26. The molecule has 0 saturated carbocycles. The van der Waals surface area contributed by atoms with Crippen molar-refractivity contribution in [3.63, 3.8) is 0 Å². The fraction of sp³-hybridized carbons (Fsp3) is 0.333. The number of carbonyl (C=O) groups excluding carboxylic acids is 1. The summed E-state index contributed by atoms with van der Waals surface area (Å²) in [7, 11) is 1.76. The summed E-state index contributed by atoms with van der Waals surface area (Å²) in [6.45, 7) is 6.93. The lowest BCUT2D eigenvalue weighted by atomic mass is 10.2. The van der Waals surface area contributed by atoms with Gasteiger partial charge in [-0.3, -0.25) is 9.48 Å². The fourth-order valence-corrected chi connectivity index (χ4v) is 2.15. The molecule has 2 aromatic rings. The number of amides is 1. The van der Waals surface area contributed by atoms with E-state index < -0.39 is 0 Å². The predicted octanol–water partition coefficient (Wildman–Crippen LogP) is 3.00. The van der Waals surface area contributed by atoms with Crippen molar-refractivity contribution in [2.24, 2.45) is 7.05 Å². The SMILES string of the molecule is CC(C)=CCOc1cccc(CNC(=O)c2cc(C)nn2C)c1. The van der Waals surface area contributed by atoms with Crippen LogP contribution in [0.3, 0.4) is 0 Å². The van der Waals surface area contributed by atoms with E-state index in [-0.39, 0.29) is 5.91 Å². The summed E-state index contributed by atoms with van der Waals surface area (Å²) in [6.07, 6.45) is 2.03. The fourth-order valence-electron chi connectivity index (χ4n) is 2.15. The molecule has 1 heterocycles. The van der Waals surface area contributed by atoms with Crippen LogP contribution in [0.1, 0.15) is 35.6 Å². The summed E-state index contributed by atoms with van der Waals surface area (Å²) in [5.41, 5.74) is 3.60. The standard InChI is InChI=1S/C18H23N3O2/c1-13(2)8-9-23-16-7-5-6-15(11-16)12-19-18(22)17-10-14(3)20-21(17)4/h5-8,10-11H,9,12H2,1-4H3,(H,19,22). The third kappa shape index (κ3) is 4.98. The van der Waals surface area contributed by atoms with E-state index in [4.69, 9.17) is 4.74 Å². The van der Waals surface area contributed by atoms with Gasteiger partial charge in [0.1, 0.15) is 18.1 Å². The largest absolute Gasteiger partial charge is 0.490 e. The molecule has 0 aliphatic carbocycles. The number of allylic oxidation sites excluding steroid dienone is 1. The van der Waals surface area contributed by atoms with Crippen LogP contribution in [0.5, 0.6) is 5.75 Å². The number of nitrogens with one attached hydrogen (secondary N) is 1. The first-order valence-corrected chi connectivity index (χ1v) is 7.59. The molecule has 1 amide bonds. The van der Waals surface area contributed by atoms with Crippen LogP contribution in [-0.4, -0.2) is 22.3 Å². The van der Waals surface area contributed by atoms with E-state index in [0.717, 1.165) is 17.0 Å². The number of hydrogen-bond acceptors (Lipinski definition) is 3. The van der Waals surface area contributed by atoms with E-state index in [0.29, 0.717) is 18.8 Å². The lowest BCUT2D eigenvalue weighted by Crippen LogP contribution is -2.25. The summed E-state index contributed by atoms with van der Waals surface area (Å²) in [6, 6.07) is 9.51. The van der Waals surface area contributed by atoms with Crippen molar-refractivity contribution in [3.05, 3.63) is 58.9 Å². The molecule has 1 aromatic heterocycles. The van der Waals surface area contributed by atoms with E-state index >= 15 is 0 Å². The number of ether oxygens (including phenoxy) is 1. The molecule has 0 saturated heterocycles. The van der Waals surface area contributed by atoms with Gasteiger partial charge in [-0.05, 0) is 50.6 Å². The van der Waals surface area contributed by atoms with Crippen molar-refractivity contribution in [1.82, 2.24) is 15.1 Å². The maximum atomic E-state index is 12.2. The molecule has 2 rings (SSSR count). The molecule has 23 heavy (non-hydrogen) atoms. The van der Waals surface area contributed by atoms with Crippen LogP contribution in [0.2, 0.25) is 0 Å². The van der Waals surface area contributed by atoms with E-state index in [1.807, 2.05) is 51.1 Å². The zero-order chi connectivity index (χ0) is 16.8. The topological polar surface area (TPSA) is 56.1 Å². The highest BCUT2D eigenvalue weighted by Crippen LogP contribution is 2.13. The van der Waals surface area contributed by atoms with Crippen LogP contribution in [-0.2, 0) is 13.6 Å². The van der Waals surface area contributed by atoms with Crippen LogP contribution in [0.15, 0.2) is 42.0 Å². The average molecular weight is 313 g/mol. The van der Waals surface area contributed by atoms with Crippen molar-refractivity contribution in [2.75, 3.05) is 6.61 Å². The Morgan fingerprint density at radius 3 is 2.78 bits per heavy atom. The smallest absolute Gasteiger partial charge is 0.269 e. The molecule has 1 N–H and O–H groups in total. The summed E-state index contributed by atoms with van der Waals surface area (Å²) >= 11 is 0. The van der Waals surface area contributed by atoms with Gasteiger partial charge in [0.25, 0.3) is 5.91 Å². The van der Waals surface area contributed by atoms with Crippen LogP contribution in [0.25, 0.3) is 0 Å².